The molecular weight excluding hydrogens is 290 g/mol. The number of rotatable bonds is 3. The molecule has 0 saturated carbocycles. The number of benzene rings is 2. The van der Waals surface area contributed by atoms with E-state index >= 15 is 0 Å². The van der Waals surface area contributed by atoms with Crippen LogP contribution < -0.4 is 5.32 Å². The first-order chi connectivity index (χ1) is 10.2. The van der Waals surface area contributed by atoms with Gasteiger partial charge in [-0.2, -0.15) is 5.21 Å². The molecule has 0 aliphatic heterocycles. The Balaban J connectivity index is 1.84. The number of H-pyrrole nitrogens is 1. The maximum Gasteiger partial charge on any atom is 0.257 e. The lowest BCUT2D eigenvalue weighted by molar-refractivity contribution is 0.102. The van der Waals surface area contributed by atoms with Gasteiger partial charge in [0.2, 0.25) is 5.82 Å². The summed E-state index contributed by atoms with van der Waals surface area (Å²) in [7, 11) is 0. The molecule has 3 aromatic rings. The summed E-state index contributed by atoms with van der Waals surface area (Å²) in [5.41, 5.74) is 1.78. The molecule has 0 aliphatic carbocycles. The van der Waals surface area contributed by atoms with Crippen molar-refractivity contribution >= 4 is 23.2 Å². The number of hydrogen-bond donors (Lipinski definition) is 2. The highest BCUT2D eigenvalue weighted by atomic mass is 35.5. The summed E-state index contributed by atoms with van der Waals surface area (Å²) in [5.74, 6) is 0.151. The minimum Gasteiger partial charge on any atom is -0.322 e. The van der Waals surface area contributed by atoms with Crippen molar-refractivity contribution in [2.24, 2.45) is 0 Å². The van der Waals surface area contributed by atoms with Gasteiger partial charge in [0.15, 0.2) is 0 Å². The van der Waals surface area contributed by atoms with Gasteiger partial charge in [0.25, 0.3) is 5.91 Å². The van der Waals surface area contributed by atoms with E-state index in [2.05, 4.69) is 25.9 Å². The topological polar surface area (TPSA) is 83.6 Å². The van der Waals surface area contributed by atoms with E-state index in [1.807, 2.05) is 18.2 Å². The Bertz CT molecular complexity index is 758. The molecule has 0 aliphatic rings. The zero-order chi connectivity index (χ0) is 14.7. The number of nitrogens with zero attached hydrogens (tertiary/aromatic N) is 3. The van der Waals surface area contributed by atoms with Gasteiger partial charge in [0.05, 0.1) is 10.6 Å². The highest BCUT2D eigenvalue weighted by molar-refractivity contribution is 6.34. The van der Waals surface area contributed by atoms with Crippen LogP contribution in [-0.4, -0.2) is 26.5 Å². The molecular formula is C14H10ClN5O. The predicted molar refractivity (Wildman–Crippen MR) is 79.0 cm³/mol. The van der Waals surface area contributed by atoms with Gasteiger partial charge in [-0.25, -0.2) is 0 Å². The van der Waals surface area contributed by atoms with E-state index in [-0.39, 0.29) is 5.91 Å². The van der Waals surface area contributed by atoms with Gasteiger partial charge in [0.1, 0.15) is 0 Å². The van der Waals surface area contributed by atoms with Gasteiger partial charge >= 0.3 is 0 Å². The molecule has 2 N–H and O–H groups in total. The van der Waals surface area contributed by atoms with E-state index < -0.39 is 0 Å². The first kappa shape index (κ1) is 13.3. The standard InChI is InChI=1S/C14H10ClN5O/c15-12-8-9(13-17-19-20-18-13)6-7-11(12)14(21)16-10-4-2-1-3-5-10/h1-8H,(H,16,21)(H,17,18,19,20). The van der Waals surface area contributed by atoms with Gasteiger partial charge in [-0.05, 0) is 29.5 Å². The van der Waals surface area contributed by atoms with Crippen LogP contribution in [0.3, 0.4) is 0 Å². The molecule has 1 amide bonds. The van der Waals surface area contributed by atoms with Crippen molar-refractivity contribution in [3.05, 3.63) is 59.1 Å². The van der Waals surface area contributed by atoms with Gasteiger partial charge in [-0.3, -0.25) is 4.79 Å². The number of anilines is 1. The molecule has 0 radical (unpaired) electrons. The van der Waals surface area contributed by atoms with Gasteiger partial charge in [-0.15, -0.1) is 10.2 Å². The van der Waals surface area contributed by atoms with Crippen LogP contribution in [0.15, 0.2) is 48.5 Å². The molecule has 7 heteroatoms. The van der Waals surface area contributed by atoms with Crippen LogP contribution >= 0.6 is 11.6 Å². The second-order valence-corrected chi connectivity index (χ2v) is 4.66. The van der Waals surface area contributed by atoms with E-state index in [0.717, 1.165) is 0 Å². The number of tetrazole rings is 1. The molecule has 0 spiro atoms. The van der Waals surface area contributed by atoms with Crippen LogP contribution in [0.25, 0.3) is 11.4 Å². The molecule has 0 saturated heterocycles. The molecule has 104 valence electrons. The third-order valence-electron chi connectivity index (χ3n) is 2.85. The minimum absolute atomic E-state index is 0.272. The van der Waals surface area contributed by atoms with Crippen LogP contribution in [-0.2, 0) is 0 Å². The molecule has 3 rings (SSSR count). The fourth-order valence-corrected chi connectivity index (χ4v) is 2.11. The highest BCUT2D eigenvalue weighted by Gasteiger charge is 2.13. The Labute approximate surface area is 125 Å². The second kappa shape index (κ2) is 5.72. The average Bonchev–Trinajstić information content (AvgIpc) is 3.02. The molecule has 0 fully saturated rings. The number of aromatic nitrogens is 4. The van der Waals surface area contributed by atoms with E-state index in [9.17, 15) is 4.79 Å². The number of para-hydroxylation sites is 1. The molecule has 6 nitrogen and oxygen atoms in total. The lowest BCUT2D eigenvalue weighted by atomic mass is 10.1. The maximum absolute atomic E-state index is 12.2. The molecule has 0 bridgehead atoms. The zero-order valence-electron chi connectivity index (χ0n) is 10.7. The van der Waals surface area contributed by atoms with Crippen molar-refractivity contribution < 1.29 is 4.79 Å². The number of carbonyl (C=O) groups is 1. The summed E-state index contributed by atoms with van der Waals surface area (Å²) in [6, 6.07) is 14.2. The Morgan fingerprint density at radius 1 is 1.14 bits per heavy atom. The number of halogens is 1. The molecule has 0 atom stereocenters. The summed E-state index contributed by atoms with van der Waals surface area (Å²) >= 11 is 6.16. The Kier molecular flexibility index (Phi) is 3.61. The second-order valence-electron chi connectivity index (χ2n) is 4.25. The van der Waals surface area contributed by atoms with Crippen molar-refractivity contribution in [1.82, 2.24) is 20.6 Å². The number of nitrogens with one attached hydrogen (secondary N) is 2. The number of amides is 1. The quantitative estimate of drug-likeness (QED) is 0.779. The van der Waals surface area contributed by atoms with Crippen molar-refractivity contribution in [3.63, 3.8) is 0 Å². The third-order valence-corrected chi connectivity index (χ3v) is 3.16. The molecule has 1 aromatic heterocycles. The van der Waals surface area contributed by atoms with Crippen molar-refractivity contribution in [1.29, 1.82) is 0 Å². The average molecular weight is 300 g/mol. The fourth-order valence-electron chi connectivity index (χ4n) is 1.84. The molecule has 2 aromatic carbocycles. The van der Waals surface area contributed by atoms with Crippen molar-refractivity contribution in [2.45, 2.75) is 0 Å². The van der Waals surface area contributed by atoms with E-state index in [0.29, 0.717) is 27.7 Å². The first-order valence-corrected chi connectivity index (χ1v) is 6.51. The third kappa shape index (κ3) is 2.90. The molecule has 0 unspecified atom stereocenters. The van der Waals surface area contributed by atoms with Gasteiger partial charge < -0.3 is 5.32 Å². The largest absolute Gasteiger partial charge is 0.322 e. The highest BCUT2D eigenvalue weighted by Crippen LogP contribution is 2.23. The lowest BCUT2D eigenvalue weighted by Gasteiger charge is -2.07. The summed E-state index contributed by atoms with van der Waals surface area (Å²) in [4.78, 5) is 12.2. The SMILES string of the molecule is O=C(Nc1ccccc1)c1ccc(-c2nn[nH]n2)cc1Cl. The number of carbonyl (C=O) groups excluding carboxylic acids is 1. The van der Waals surface area contributed by atoms with Crippen LogP contribution in [0.5, 0.6) is 0 Å². The van der Waals surface area contributed by atoms with Crippen LogP contribution in [0, 0.1) is 0 Å². The maximum atomic E-state index is 12.2. The lowest BCUT2D eigenvalue weighted by Crippen LogP contribution is -2.12. The summed E-state index contributed by atoms with van der Waals surface area (Å²) < 4.78 is 0. The molecule has 1 heterocycles. The van der Waals surface area contributed by atoms with E-state index in [1.165, 1.54) is 0 Å². The Morgan fingerprint density at radius 2 is 1.95 bits per heavy atom. The normalized spacial score (nSPS) is 10.3. The summed E-state index contributed by atoms with van der Waals surface area (Å²) in [6.07, 6.45) is 0. The Hall–Kier alpha value is -2.73. The minimum atomic E-state index is -0.272. The van der Waals surface area contributed by atoms with Gasteiger partial charge in [0, 0.05) is 11.3 Å². The molecule has 21 heavy (non-hydrogen) atoms. The fraction of sp³-hybridized carbons (Fsp3) is 0. The summed E-state index contributed by atoms with van der Waals surface area (Å²) in [5, 5.41) is 16.7. The summed E-state index contributed by atoms with van der Waals surface area (Å²) in [6.45, 7) is 0. The van der Waals surface area contributed by atoms with Crippen molar-refractivity contribution in [3.8, 4) is 11.4 Å². The van der Waals surface area contributed by atoms with E-state index in [1.54, 1.807) is 30.3 Å². The zero-order valence-corrected chi connectivity index (χ0v) is 11.5. The van der Waals surface area contributed by atoms with Gasteiger partial charge in [-0.1, -0.05) is 35.9 Å². The first-order valence-electron chi connectivity index (χ1n) is 6.14. The monoisotopic (exact) mass is 299 g/mol. The van der Waals surface area contributed by atoms with Crippen LogP contribution in [0.2, 0.25) is 5.02 Å². The van der Waals surface area contributed by atoms with Crippen LogP contribution in [0.4, 0.5) is 5.69 Å². The smallest absolute Gasteiger partial charge is 0.257 e. The Morgan fingerprint density at radius 3 is 2.62 bits per heavy atom. The van der Waals surface area contributed by atoms with Crippen LogP contribution in [0.1, 0.15) is 10.4 Å². The van der Waals surface area contributed by atoms with Crippen molar-refractivity contribution in [2.75, 3.05) is 5.32 Å². The number of aromatic amines is 1. The van der Waals surface area contributed by atoms with E-state index in [4.69, 9.17) is 11.6 Å². The predicted octanol–water partition coefficient (Wildman–Crippen LogP) is 2.77. The number of hydrogen-bond acceptors (Lipinski definition) is 4.